The molecule has 132 valence electrons. The second-order valence-corrected chi connectivity index (χ2v) is 6.38. The summed E-state index contributed by atoms with van der Waals surface area (Å²) in [6.45, 7) is 2.44. The van der Waals surface area contributed by atoms with Crippen molar-refractivity contribution in [2.75, 3.05) is 26.4 Å². The van der Waals surface area contributed by atoms with E-state index >= 15 is 0 Å². The van der Waals surface area contributed by atoms with Gasteiger partial charge in [0.1, 0.15) is 0 Å². The van der Waals surface area contributed by atoms with E-state index in [-0.39, 0.29) is 24.7 Å². The molecule has 2 aromatic carbocycles. The molecule has 2 fully saturated rings. The molecule has 2 aliphatic rings. The van der Waals surface area contributed by atoms with Crippen LogP contribution in [-0.4, -0.2) is 38.5 Å². The Morgan fingerprint density at radius 3 is 1.28 bits per heavy atom. The van der Waals surface area contributed by atoms with Gasteiger partial charge in [-0.2, -0.15) is 0 Å². The van der Waals surface area contributed by atoms with E-state index in [1.165, 1.54) is 0 Å². The number of rotatable bonds is 4. The summed E-state index contributed by atoms with van der Waals surface area (Å²) in [7, 11) is 0. The Morgan fingerprint density at radius 1 is 0.560 bits per heavy atom. The van der Waals surface area contributed by atoms with Gasteiger partial charge in [0.2, 0.25) is 0 Å². The van der Waals surface area contributed by atoms with Gasteiger partial charge in [0.05, 0.1) is 38.5 Å². The summed E-state index contributed by atoms with van der Waals surface area (Å²) in [4.78, 5) is 0. The molecule has 5 nitrogen and oxygen atoms in total. The average molecular weight is 341 g/mol. The molecule has 0 aromatic heterocycles. The van der Waals surface area contributed by atoms with E-state index in [2.05, 4.69) is 5.32 Å². The third-order valence-corrected chi connectivity index (χ3v) is 4.41. The van der Waals surface area contributed by atoms with E-state index in [0.29, 0.717) is 26.4 Å². The van der Waals surface area contributed by atoms with Crippen molar-refractivity contribution >= 4 is 0 Å². The first-order valence-electron chi connectivity index (χ1n) is 8.71. The lowest BCUT2D eigenvalue weighted by molar-refractivity contribution is -0.212. The lowest BCUT2D eigenvalue weighted by Gasteiger charge is -2.35. The molecule has 25 heavy (non-hydrogen) atoms. The topological polar surface area (TPSA) is 49.0 Å². The van der Waals surface area contributed by atoms with Gasteiger partial charge in [0, 0.05) is 11.1 Å². The third-order valence-electron chi connectivity index (χ3n) is 4.41. The summed E-state index contributed by atoms with van der Waals surface area (Å²) in [5.41, 5.74) is 2.10. The molecule has 4 rings (SSSR count). The highest BCUT2D eigenvalue weighted by Gasteiger charge is 2.28. The van der Waals surface area contributed by atoms with Crippen molar-refractivity contribution in [3.05, 3.63) is 71.8 Å². The minimum absolute atomic E-state index is 0.144. The van der Waals surface area contributed by atoms with E-state index in [1.807, 2.05) is 60.7 Å². The Kier molecular flexibility index (Phi) is 5.40. The van der Waals surface area contributed by atoms with Gasteiger partial charge in [-0.25, -0.2) is 0 Å². The highest BCUT2D eigenvalue weighted by molar-refractivity contribution is 5.17. The van der Waals surface area contributed by atoms with Crippen LogP contribution in [0.2, 0.25) is 0 Å². The van der Waals surface area contributed by atoms with Gasteiger partial charge in [0.25, 0.3) is 0 Å². The smallest absolute Gasteiger partial charge is 0.183 e. The van der Waals surface area contributed by atoms with Crippen LogP contribution in [-0.2, 0) is 18.9 Å². The molecule has 0 unspecified atom stereocenters. The maximum Gasteiger partial charge on any atom is 0.183 e. The molecule has 0 spiro atoms. The molecule has 0 saturated carbocycles. The van der Waals surface area contributed by atoms with Crippen molar-refractivity contribution in [3.63, 3.8) is 0 Å². The Labute approximate surface area is 147 Å². The molecule has 0 aliphatic carbocycles. The largest absolute Gasteiger partial charge is 0.347 e. The lowest BCUT2D eigenvalue weighted by atomic mass is 10.2. The van der Waals surface area contributed by atoms with Crippen molar-refractivity contribution in [1.29, 1.82) is 0 Å². The van der Waals surface area contributed by atoms with Crippen molar-refractivity contribution in [1.82, 2.24) is 5.32 Å². The Balaban J connectivity index is 1.22. The van der Waals surface area contributed by atoms with Gasteiger partial charge in [0.15, 0.2) is 12.6 Å². The maximum atomic E-state index is 5.84. The number of benzene rings is 2. The number of nitrogens with one attached hydrogen (secondary N) is 1. The van der Waals surface area contributed by atoms with Gasteiger partial charge in [-0.05, 0) is 0 Å². The molecule has 2 heterocycles. The highest BCUT2D eigenvalue weighted by Crippen LogP contribution is 2.25. The third kappa shape index (κ3) is 4.26. The van der Waals surface area contributed by atoms with Crippen molar-refractivity contribution in [2.24, 2.45) is 0 Å². The van der Waals surface area contributed by atoms with Crippen LogP contribution in [0.3, 0.4) is 0 Å². The van der Waals surface area contributed by atoms with E-state index in [1.54, 1.807) is 0 Å². The summed E-state index contributed by atoms with van der Waals surface area (Å²) in [5, 5.41) is 3.50. The van der Waals surface area contributed by atoms with E-state index in [9.17, 15) is 0 Å². The van der Waals surface area contributed by atoms with Crippen LogP contribution in [0.5, 0.6) is 0 Å². The summed E-state index contributed by atoms with van der Waals surface area (Å²) < 4.78 is 23.4. The van der Waals surface area contributed by atoms with Crippen molar-refractivity contribution in [2.45, 2.75) is 24.7 Å². The molecule has 5 heteroatoms. The molecule has 2 aromatic rings. The quantitative estimate of drug-likeness (QED) is 0.927. The fourth-order valence-corrected chi connectivity index (χ4v) is 3.14. The Morgan fingerprint density at radius 2 is 0.920 bits per heavy atom. The fourth-order valence-electron chi connectivity index (χ4n) is 3.14. The van der Waals surface area contributed by atoms with Crippen LogP contribution < -0.4 is 5.32 Å². The first-order chi connectivity index (χ1) is 12.4. The highest BCUT2D eigenvalue weighted by atomic mass is 16.7. The van der Waals surface area contributed by atoms with Crippen molar-refractivity contribution < 1.29 is 18.9 Å². The number of hydrogen-bond acceptors (Lipinski definition) is 5. The number of ether oxygens (including phenoxy) is 4. The van der Waals surface area contributed by atoms with Crippen LogP contribution in [0.25, 0.3) is 0 Å². The van der Waals surface area contributed by atoms with Crippen LogP contribution in [0.1, 0.15) is 23.7 Å². The predicted octanol–water partition coefficient (Wildman–Crippen LogP) is 2.80. The zero-order chi connectivity index (χ0) is 16.9. The maximum absolute atomic E-state index is 5.84. The molecule has 0 atom stereocenters. The summed E-state index contributed by atoms with van der Waals surface area (Å²) in [6.07, 6.45) is -0.555. The van der Waals surface area contributed by atoms with E-state index in [4.69, 9.17) is 18.9 Å². The molecular weight excluding hydrogens is 318 g/mol. The van der Waals surface area contributed by atoms with Gasteiger partial charge in [-0.1, -0.05) is 60.7 Å². The Hall–Kier alpha value is -1.76. The SMILES string of the molecule is c1ccc(C2OCC(NC3COC(c4ccccc4)OC3)CO2)cc1. The molecule has 0 bridgehead atoms. The molecule has 0 radical (unpaired) electrons. The van der Waals surface area contributed by atoms with E-state index in [0.717, 1.165) is 11.1 Å². The zero-order valence-electron chi connectivity index (χ0n) is 14.0. The fraction of sp³-hybridized carbons (Fsp3) is 0.400. The molecule has 2 saturated heterocycles. The van der Waals surface area contributed by atoms with Gasteiger partial charge < -0.3 is 24.3 Å². The van der Waals surface area contributed by atoms with Gasteiger partial charge >= 0.3 is 0 Å². The van der Waals surface area contributed by atoms with Crippen LogP contribution >= 0.6 is 0 Å². The summed E-state index contributed by atoms with van der Waals surface area (Å²) in [5.74, 6) is 0. The van der Waals surface area contributed by atoms with Gasteiger partial charge in [-0.15, -0.1) is 0 Å². The monoisotopic (exact) mass is 341 g/mol. The summed E-state index contributed by atoms with van der Waals surface area (Å²) in [6, 6.07) is 20.3. The minimum Gasteiger partial charge on any atom is -0.347 e. The first kappa shape index (κ1) is 16.7. The molecule has 1 N–H and O–H groups in total. The van der Waals surface area contributed by atoms with Crippen LogP contribution in [0, 0.1) is 0 Å². The van der Waals surface area contributed by atoms with E-state index < -0.39 is 0 Å². The van der Waals surface area contributed by atoms with Crippen LogP contribution in [0.4, 0.5) is 0 Å². The number of hydrogen-bond donors (Lipinski definition) is 1. The molecule has 0 amide bonds. The van der Waals surface area contributed by atoms with Crippen molar-refractivity contribution in [3.8, 4) is 0 Å². The van der Waals surface area contributed by atoms with Crippen LogP contribution in [0.15, 0.2) is 60.7 Å². The predicted molar refractivity (Wildman–Crippen MR) is 92.9 cm³/mol. The zero-order valence-corrected chi connectivity index (χ0v) is 14.0. The average Bonchev–Trinajstić information content (AvgIpc) is 2.71. The Bertz CT molecular complexity index is 578. The molecular formula is C20H23NO4. The normalized spacial score (nSPS) is 30.1. The standard InChI is InChI=1S/C20H23NO4/c1-3-7-15(8-4-1)19-22-11-17(12-23-19)21-18-13-24-20(25-14-18)16-9-5-2-6-10-16/h1-10,17-21H,11-14H2. The summed E-state index contributed by atoms with van der Waals surface area (Å²) >= 11 is 0. The second kappa shape index (κ2) is 8.08. The lowest BCUT2D eigenvalue weighted by Crippen LogP contribution is -2.52. The second-order valence-electron chi connectivity index (χ2n) is 6.38. The molecule has 2 aliphatic heterocycles. The minimum atomic E-state index is -0.277. The van der Waals surface area contributed by atoms with Gasteiger partial charge in [-0.3, -0.25) is 0 Å². The first-order valence-corrected chi connectivity index (χ1v) is 8.71.